The van der Waals surface area contributed by atoms with Crippen molar-refractivity contribution in [1.82, 2.24) is 10.3 Å². The first-order valence-electron chi connectivity index (χ1n) is 17.2. The summed E-state index contributed by atoms with van der Waals surface area (Å²) < 4.78 is 5.55. The number of anilines is 3. The van der Waals surface area contributed by atoms with Gasteiger partial charge in [0.1, 0.15) is 16.7 Å². The Labute approximate surface area is 323 Å². The standard InChI is InChI=1S/C43H39N5O4S2/c1-4-52-35-23-17-30(18-24-35)38-28-53-43(46-38)47-42(51)39(31-11-7-5-8-12-31)54-36-25-19-33(20-26-36)44-41(50)37(45-40(49)32-13-9-6-10-14-32)27-29-15-21-34(22-16-29)48(2)3/h5-28,39H,4H2,1-3H3,(H,44,50)(H,45,49)(H,46,47,51)/b37-27-. The Hall–Kier alpha value is -6.17. The van der Waals surface area contributed by atoms with Crippen LogP contribution in [0.15, 0.2) is 149 Å². The molecule has 272 valence electrons. The molecule has 1 aromatic heterocycles. The molecular formula is C43H39N5O4S2. The van der Waals surface area contributed by atoms with Gasteiger partial charge in [0.2, 0.25) is 5.91 Å². The van der Waals surface area contributed by atoms with Crippen LogP contribution in [0.1, 0.15) is 33.7 Å². The Morgan fingerprint density at radius 1 is 0.815 bits per heavy atom. The monoisotopic (exact) mass is 753 g/mol. The van der Waals surface area contributed by atoms with E-state index < -0.39 is 17.1 Å². The number of ether oxygens (including phenoxy) is 1. The molecule has 6 aromatic rings. The van der Waals surface area contributed by atoms with E-state index in [2.05, 4.69) is 20.9 Å². The number of nitrogens with zero attached hydrogens (tertiary/aromatic N) is 2. The molecule has 0 spiro atoms. The van der Waals surface area contributed by atoms with Crippen LogP contribution in [0, 0.1) is 0 Å². The number of amides is 3. The third-order valence-corrected chi connectivity index (χ3v) is 10.2. The number of aromatic nitrogens is 1. The lowest BCUT2D eigenvalue weighted by molar-refractivity contribution is -0.116. The van der Waals surface area contributed by atoms with Gasteiger partial charge in [0.05, 0.1) is 12.3 Å². The van der Waals surface area contributed by atoms with Crippen molar-refractivity contribution in [2.24, 2.45) is 0 Å². The van der Waals surface area contributed by atoms with Gasteiger partial charge >= 0.3 is 0 Å². The highest BCUT2D eigenvalue weighted by molar-refractivity contribution is 8.00. The summed E-state index contributed by atoms with van der Waals surface area (Å²) in [7, 11) is 3.90. The molecule has 0 bridgehead atoms. The molecule has 0 fully saturated rings. The lowest BCUT2D eigenvalue weighted by Gasteiger charge is -2.17. The number of nitrogens with one attached hydrogen (secondary N) is 3. The molecule has 0 aliphatic carbocycles. The average Bonchev–Trinajstić information content (AvgIpc) is 3.66. The summed E-state index contributed by atoms with van der Waals surface area (Å²) >= 11 is 2.75. The van der Waals surface area contributed by atoms with E-state index >= 15 is 0 Å². The Morgan fingerprint density at radius 3 is 2.13 bits per heavy atom. The van der Waals surface area contributed by atoms with E-state index in [4.69, 9.17) is 4.74 Å². The van der Waals surface area contributed by atoms with Gasteiger partial charge in [0, 0.05) is 46.9 Å². The van der Waals surface area contributed by atoms with Gasteiger partial charge in [-0.25, -0.2) is 4.98 Å². The molecule has 0 radical (unpaired) electrons. The maximum absolute atomic E-state index is 13.8. The molecule has 6 rings (SSSR count). The second-order valence-corrected chi connectivity index (χ2v) is 14.3. The van der Waals surface area contributed by atoms with Crippen LogP contribution in [0.5, 0.6) is 5.75 Å². The summed E-state index contributed by atoms with van der Waals surface area (Å²) in [5.41, 5.74) is 5.33. The smallest absolute Gasteiger partial charge is 0.272 e. The lowest BCUT2D eigenvalue weighted by atomic mass is 10.1. The molecule has 1 atom stereocenters. The van der Waals surface area contributed by atoms with Gasteiger partial charge in [-0.3, -0.25) is 14.4 Å². The lowest BCUT2D eigenvalue weighted by Crippen LogP contribution is -2.30. The summed E-state index contributed by atoms with van der Waals surface area (Å²) in [6.07, 6.45) is 1.65. The number of thiazole rings is 1. The first-order valence-corrected chi connectivity index (χ1v) is 19.0. The molecule has 0 saturated carbocycles. The molecule has 9 nitrogen and oxygen atoms in total. The Bertz CT molecular complexity index is 2210. The molecule has 0 aliphatic rings. The van der Waals surface area contributed by atoms with Gasteiger partial charge in [0.25, 0.3) is 11.8 Å². The minimum Gasteiger partial charge on any atom is -0.494 e. The first kappa shape index (κ1) is 37.6. The molecule has 3 amide bonds. The molecule has 5 aromatic carbocycles. The van der Waals surface area contributed by atoms with Crippen LogP contribution in [0.4, 0.5) is 16.5 Å². The Balaban J connectivity index is 1.16. The zero-order valence-electron chi connectivity index (χ0n) is 30.0. The zero-order chi connectivity index (χ0) is 37.9. The van der Waals surface area contributed by atoms with Crippen LogP contribution in [-0.4, -0.2) is 43.4 Å². The third kappa shape index (κ3) is 10.0. The molecule has 54 heavy (non-hydrogen) atoms. The predicted octanol–water partition coefficient (Wildman–Crippen LogP) is 9.16. The summed E-state index contributed by atoms with van der Waals surface area (Å²) in [5.74, 6) is -0.298. The Morgan fingerprint density at radius 2 is 1.48 bits per heavy atom. The Kier molecular flexibility index (Phi) is 12.6. The number of benzene rings is 5. The van der Waals surface area contributed by atoms with Crippen molar-refractivity contribution in [3.63, 3.8) is 0 Å². The second-order valence-electron chi connectivity index (χ2n) is 12.2. The number of hydrogen-bond donors (Lipinski definition) is 3. The van der Waals surface area contributed by atoms with Crippen LogP contribution in [0.3, 0.4) is 0 Å². The van der Waals surface area contributed by atoms with Crippen LogP contribution < -0.4 is 25.6 Å². The molecule has 0 saturated heterocycles. The van der Waals surface area contributed by atoms with E-state index in [0.29, 0.717) is 23.0 Å². The van der Waals surface area contributed by atoms with Crippen molar-refractivity contribution in [1.29, 1.82) is 0 Å². The highest BCUT2D eigenvalue weighted by Crippen LogP contribution is 2.37. The van der Waals surface area contributed by atoms with Crippen molar-refractivity contribution in [2.45, 2.75) is 17.1 Å². The zero-order valence-corrected chi connectivity index (χ0v) is 31.6. The third-order valence-electron chi connectivity index (χ3n) is 8.15. The fourth-order valence-electron chi connectivity index (χ4n) is 5.35. The highest BCUT2D eigenvalue weighted by Gasteiger charge is 2.24. The van der Waals surface area contributed by atoms with E-state index in [1.807, 2.05) is 128 Å². The van der Waals surface area contributed by atoms with Crippen LogP contribution in [0.2, 0.25) is 0 Å². The number of thioether (sulfide) groups is 1. The topological polar surface area (TPSA) is 113 Å². The van der Waals surface area contributed by atoms with Gasteiger partial charge in [0.15, 0.2) is 5.13 Å². The summed E-state index contributed by atoms with van der Waals surface area (Å²) in [4.78, 5) is 48.0. The number of rotatable bonds is 14. The van der Waals surface area contributed by atoms with Crippen molar-refractivity contribution in [3.8, 4) is 17.0 Å². The predicted molar refractivity (Wildman–Crippen MR) is 220 cm³/mol. The first-order chi connectivity index (χ1) is 26.2. The van der Waals surface area contributed by atoms with Crippen molar-refractivity contribution < 1.29 is 19.1 Å². The van der Waals surface area contributed by atoms with Gasteiger partial charge in [-0.2, -0.15) is 0 Å². The van der Waals surface area contributed by atoms with E-state index in [1.165, 1.54) is 23.1 Å². The number of carbonyl (C=O) groups is 3. The van der Waals surface area contributed by atoms with Gasteiger partial charge in [-0.15, -0.1) is 23.1 Å². The molecular weight excluding hydrogens is 715 g/mol. The summed E-state index contributed by atoms with van der Waals surface area (Å²) in [6.45, 7) is 2.54. The van der Waals surface area contributed by atoms with E-state index in [9.17, 15) is 14.4 Å². The SMILES string of the molecule is CCOc1ccc(-c2csc(NC(=O)C(Sc3ccc(NC(=O)/C(=C/c4ccc(N(C)C)cc4)NC(=O)c4ccccc4)cc3)c3ccccc3)n2)cc1. The number of hydrogen-bond acceptors (Lipinski definition) is 8. The van der Waals surface area contributed by atoms with Crippen molar-refractivity contribution in [2.75, 3.05) is 36.2 Å². The molecule has 0 aliphatic heterocycles. The second kappa shape index (κ2) is 18.0. The summed E-state index contributed by atoms with van der Waals surface area (Å²) in [6, 6.07) is 40.9. The van der Waals surface area contributed by atoms with E-state index in [1.54, 1.807) is 42.5 Å². The highest BCUT2D eigenvalue weighted by atomic mass is 32.2. The maximum atomic E-state index is 13.8. The normalized spacial score (nSPS) is 11.6. The molecule has 3 N–H and O–H groups in total. The minimum atomic E-state index is -0.578. The van der Waals surface area contributed by atoms with Crippen molar-refractivity contribution in [3.05, 3.63) is 161 Å². The number of carbonyl (C=O) groups excluding carboxylic acids is 3. The van der Waals surface area contributed by atoms with Crippen molar-refractivity contribution >= 4 is 63.4 Å². The van der Waals surface area contributed by atoms with Crippen LogP contribution in [-0.2, 0) is 9.59 Å². The van der Waals surface area contributed by atoms with Gasteiger partial charge < -0.3 is 25.6 Å². The maximum Gasteiger partial charge on any atom is 0.272 e. The van der Waals surface area contributed by atoms with E-state index in [0.717, 1.165) is 38.7 Å². The summed E-state index contributed by atoms with van der Waals surface area (Å²) in [5, 5.41) is 10.5. The van der Waals surface area contributed by atoms with Gasteiger partial charge in [-0.1, -0.05) is 60.7 Å². The molecule has 1 heterocycles. The molecule has 11 heteroatoms. The largest absolute Gasteiger partial charge is 0.494 e. The van der Waals surface area contributed by atoms with Crippen LogP contribution >= 0.6 is 23.1 Å². The minimum absolute atomic E-state index is 0.0913. The quantitative estimate of drug-likeness (QED) is 0.0752. The van der Waals surface area contributed by atoms with Gasteiger partial charge in [-0.05, 0) is 96.9 Å². The average molecular weight is 754 g/mol. The fourth-order valence-corrected chi connectivity index (χ4v) is 7.10. The van der Waals surface area contributed by atoms with Crippen LogP contribution in [0.25, 0.3) is 17.3 Å². The molecule has 1 unspecified atom stereocenters. The van der Waals surface area contributed by atoms with E-state index in [-0.39, 0.29) is 11.6 Å². The fraction of sp³-hybridized carbons (Fsp3) is 0.116.